The van der Waals surface area contributed by atoms with Crippen molar-refractivity contribution >= 4 is 44.5 Å². The van der Waals surface area contributed by atoms with Gasteiger partial charge in [-0.05, 0) is 51.6 Å². The quantitative estimate of drug-likeness (QED) is 0.223. The SMILES string of the molecule is O=S(=O)(O)c1ccccc1/C=C/c1ccc(-c2ccccc2)cc1/C=C/c1ccccc1S(=O)(=O)O. The van der Waals surface area contributed by atoms with Crippen LogP contribution >= 0.6 is 0 Å². The number of benzene rings is 4. The molecular formula is C28H22O6S2. The van der Waals surface area contributed by atoms with E-state index in [0.29, 0.717) is 11.1 Å². The second-order valence-electron chi connectivity index (χ2n) is 7.90. The molecule has 8 heteroatoms. The van der Waals surface area contributed by atoms with Gasteiger partial charge in [0.05, 0.1) is 0 Å². The van der Waals surface area contributed by atoms with Gasteiger partial charge in [-0.1, -0.05) is 103 Å². The zero-order valence-corrected chi connectivity index (χ0v) is 20.5. The van der Waals surface area contributed by atoms with Crippen molar-refractivity contribution in [2.45, 2.75) is 9.79 Å². The van der Waals surface area contributed by atoms with E-state index in [1.165, 1.54) is 24.3 Å². The minimum Gasteiger partial charge on any atom is -0.282 e. The molecule has 0 bridgehead atoms. The largest absolute Gasteiger partial charge is 0.295 e. The van der Waals surface area contributed by atoms with Crippen molar-refractivity contribution < 1.29 is 25.9 Å². The molecule has 0 aliphatic heterocycles. The molecule has 182 valence electrons. The normalized spacial score (nSPS) is 12.4. The van der Waals surface area contributed by atoms with Crippen molar-refractivity contribution in [2.75, 3.05) is 0 Å². The number of hydrogen-bond acceptors (Lipinski definition) is 4. The summed E-state index contributed by atoms with van der Waals surface area (Å²) in [6.45, 7) is 0. The fourth-order valence-electron chi connectivity index (χ4n) is 3.75. The maximum atomic E-state index is 11.8. The molecular weight excluding hydrogens is 496 g/mol. The van der Waals surface area contributed by atoms with Gasteiger partial charge in [0.15, 0.2) is 0 Å². The van der Waals surface area contributed by atoms with Crippen molar-refractivity contribution in [3.63, 3.8) is 0 Å². The molecule has 0 spiro atoms. The fourth-order valence-corrected chi connectivity index (χ4v) is 5.12. The summed E-state index contributed by atoms with van der Waals surface area (Å²) in [5, 5.41) is 0. The van der Waals surface area contributed by atoms with Gasteiger partial charge in [-0.15, -0.1) is 0 Å². The van der Waals surface area contributed by atoms with Crippen molar-refractivity contribution in [1.29, 1.82) is 0 Å². The lowest BCUT2D eigenvalue weighted by Crippen LogP contribution is -2.00. The molecule has 0 aliphatic rings. The Morgan fingerprint density at radius 1 is 0.444 bits per heavy atom. The van der Waals surface area contributed by atoms with Gasteiger partial charge in [0.1, 0.15) is 9.79 Å². The Hall–Kier alpha value is -3.82. The van der Waals surface area contributed by atoms with E-state index >= 15 is 0 Å². The van der Waals surface area contributed by atoms with Crippen LogP contribution in [0.5, 0.6) is 0 Å². The van der Waals surface area contributed by atoms with Crippen molar-refractivity contribution in [3.8, 4) is 11.1 Å². The Kier molecular flexibility index (Phi) is 7.32. The summed E-state index contributed by atoms with van der Waals surface area (Å²) < 4.78 is 66.2. The average molecular weight is 519 g/mol. The molecule has 0 heterocycles. The van der Waals surface area contributed by atoms with Crippen LogP contribution in [0, 0.1) is 0 Å². The van der Waals surface area contributed by atoms with Crippen LogP contribution in [0.25, 0.3) is 35.4 Å². The highest BCUT2D eigenvalue weighted by Gasteiger charge is 2.14. The first kappa shape index (κ1) is 25.3. The third-order valence-corrected chi connectivity index (χ3v) is 7.33. The zero-order valence-electron chi connectivity index (χ0n) is 18.9. The van der Waals surface area contributed by atoms with E-state index in [-0.39, 0.29) is 9.79 Å². The Labute approximate surface area is 210 Å². The van der Waals surface area contributed by atoms with Gasteiger partial charge in [-0.2, -0.15) is 16.8 Å². The summed E-state index contributed by atoms with van der Waals surface area (Å²) in [6.07, 6.45) is 6.62. The monoisotopic (exact) mass is 518 g/mol. The van der Waals surface area contributed by atoms with E-state index in [0.717, 1.165) is 22.3 Å². The van der Waals surface area contributed by atoms with Gasteiger partial charge in [0, 0.05) is 0 Å². The standard InChI is InChI=1S/C28H22O6S2/c29-35(30,31)27-12-6-4-10-23(27)16-14-22-15-18-25(21-8-2-1-3-9-21)20-26(22)19-17-24-11-5-7-13-28(24)36(32,33)34/h1-20H,(H,29,30,31)(H,32,33,34)/b16-14+,19-17+. The van der Waals surface area contributed by atoms with Crippen molar-refractivity contribution in [2.24, 2.45) is 0 Å². The van der Waals surface area contributed by atoms with Crippen LogP contribution in [0.15, 0.2) is 107 Å². The van der Waals surface area contributed by atoms with E-state index in [2.05, 4.69) is 0 Å². The first-order valence-electron chi connectivity index (χ1n) is 10.8. The fraction of sp³-hybridized carbons (Fsp3) is 0. The average Bonchev–Trinajstić information content (AvgIpc) is 2.86. The molecule has 6 nitrogen and oxygen atoms in total. The third-order valence-electron chi connectivity index (χ3n) is 5.47. The van der Waals surface area contributed by atoms with Crippen LogP contribution in [0.2, 0.25) is 0 Å². The number of hydrogen-bond donors (Lipinski definition) is 2. The minimum atomic E-state index is -4.41. The minimum absolute atomic E-state index is 0.207. The summed E-state index contributed by atoms with van der Waals surface area (Å²) >= 11 is 0. The first-order chi connectivity index (χ1) is 17.1. The van der Waals surface area contributed by atoms with Crippen LogP contribution in [-0.2, 0) is 20.2 Å². The van der Waals surface area contributed by atoms with Crippen LogP contribution in [0.4, 0.5) is 0 Å². The van der Waals surface area contributed by atoms with E-state index in [1.54, 1.807) is 48.6 Å². The second kappa shape index (κ2) is 10.4. The summed E-state index contributed by atoms with van der Waals surface area (Å²) in [4.78, 5) is -0.416. The van der Waals surface area contributed by atoms with E-state index in [9.17, 15) is 25.9 Å². The maximum Gasteiger partial charge on any atom is 0.295 e. The van der Waals surface area contributed by atoms with E-state index < -0.39 is 20.2 Å². The lowest BCUT2D eigenvalue weighted by atomic mass is 9.97. The van der Waals surface area contributed by atoms with Crippen molar-refractivity contribution in [1.82, 2.24) is 0 Å². The second-order valence-corrected chi connectivity index (χ2v) is 10.7. The van der Waals surface area contributed by atoms with Gasteiger partial charge in [-0.25, -0.2) is 0 Å². The Balaban J connectivity index is 1.82. The Morgan fingerprint density at radius 2 is 0.889 bits per heavy atom. The van der Waals surface area contributed by atoms with E-state index in [4.69, 9.17) is 0 Å². The molecule has 0 aliphatic carbocycles. The molecule has 36 heavy (non-hydrogen) atoms. The lowest BCUT2D eigenvalue weighted by Gasteiger charge is -2.08. The highest BCUT2D eigenvalue weighted by atomic mass is 32.2. The summed E-state index contributed by atoms with van der Waals surface area (Å²) in [6, 6.07) is 27.6. The molecule has 0 atom stereocenters. The predicted octanol–water partition coefficient (Wildman–Crippen LogP) is 6.19. The molecule has 0 amide bonds. The third kappa shape index (κ3) is 6.05. The zero-order chi connectivity index (χ0) is 25.8. The molecule has 0 unspecified atom stereocenters. The molecule has 4 aromatic rings. The molecule has 2 N–H and O–H groups in total. The van der Waals surface area contributed by atoms with Crippen LogP contribution in [0.3, 0.4) is 0 Å². The first-order valence-corrected chi connectivity index (χ1v) is 13.7. The van der Waals surface area contributed by atoms with Gasteiger partial charge >= 0.3 is 0 Å². The number of rotatable bonds is 7. The lowest BCUT2D eigenvalue weighted by molar-refractivity contribution is 0.480. The van der Waals surface area contributed by atoms with Gasteiger partial charge in [0.2, 0.25) is 0 Å². The Bertz CT molecular complexity index is 1670. The van der Waals surface area contributed by atoms with Crippen molar-refractivity contribution in [3.05, 3.63) is 119 Å². The summed E-state index contributed by atoms with van der Waals surface area (Å²) in [7, 11) is -8.81. The molecule has 0 aromatic heterocycles. The highest BCUT2D eigenvalue weighted by Crippen LogP contribution is 2.27. The molecule has 0 radical (unpaired) electrons. The topological polar surface area (TPSA) is 109 Å². The molecule has 4 aromatic carbocycles. The maximum absolute atomic E-state index is 11.8. The van der Waals surface area contributed by atoms with Gasteiger partial charge in [-0.3, -0.25) is 9.11 Å². The van der Waals surface area contributed by atoms with Crippen LogP contribution in [-0.4, -0.2) is 25.9 Å². The van der Waals surface area contributed by atoms with E-state index in [1.807, 2.05) is 48.5 Å². The summed E-state index contributed by atoms with van der Waals surface area (Å²) in [5.74, 6) is 0. The van der Waals surface area contributed by atoms with Crippen LogP contribution < -0.4 is 0 Å². The molecule has 4 rings (SSSR count). The van der Waals surface area contributed by atoms with Gasteiger partial charge < -0.3 is 0 Å². The van der Waals surface area contributed by atoms with Crippen LogP contribution in [0.1, 0.15) is 22.3 Å². The predicted molar refractivity (Wildman–Crippen MR) is 142 cm³/mol. The van der Waals surface area contributed by atoms with Gasteiger partial charge in [0.25, 0.3) is 20.2 Å². The smallest absolute Gasteiger partial charge is 0.282 e. The molecule has 0 fully saturated rings. The molecule has 0 saturated heterocycles. The highest BCUT2D eigenvalue weighted by molar-refractivity contribution is 7.86. The summed E-state index contributed by atoms with van der Waals surface area (Å²) in [5.41, 5.74) is 3.99. The molecule has 0 saturated carbocycles. The Morgan fingerprint density at radius 3 is 1.42 bits per heavy atom.